The summed E-state index contributed by atoms with van der Waals surface area (Å²) < 4.78 is 5.41. The minimum Gasteiger partial charge on any atom is -0.396 e. The maximum Gasteiger partial charge on any atom is 0.0483 e. The van der Waals surface area contributed by atoms with Crippen molar-refractivity contribution in [3.8, 4) is 0 Å². The highest BCUT2D eigenvalue weighted by molar-refractivity contribution is 7.11. The van der Waals surface area contributed by atoms with E-state index in [0.29, 0.717) is 0 Å². The minimum atomic E-state index is 0.0743. The van der Waals surface area contributed by atoms with E-state index in [1.807, 2.05) is 11.3 Å². The topological polar surface area (TPSA) is 41.5 Å². The Kier molecular flexibility index (Phi) is 4.56. The third kappa shape index (κ3) is 3.52. The average molecular weight is 255 g/mol. The largest absolute Gasteiger partial charge is 0.396 e. The van der Waals surface area contributed by atoms with Crippen LogP contribution in [0.4, 0.5) is 0 Å². The molecule has 0 unspecified atom stereocenters. The molecule has 0 radical (unpaired) electrons. The Labute approximate surface area is 107 Å². The van der Waals surface area contributed by atoms with Gasteiger partial charge in [-0.15, -0.1) is 11.3 Å². The van der Waals surface area contributed by atoms with Crippen molar-refractivity contribution in [1.29, 1.82) is 0 Å². The maximum atomic E-state index is 9.21. The molecule has 0 amide bonds. The Morgan fingerprint density at radius 3 is 2.76 bits per heavy atom. The van der Waals surface area contributed by atoms with Gasteiger partial charge >= 0.3 is 0 Å². The molecule has 0 bridgehead atoms. The number of nitrogens with one attached hydrogen (secondary N) is 1. The summed E-state index contributed by atoms with van der Waals surface area (Å²) in [6.45, 7) is 4.88. The van der Waals surface area contributed by atoms with Crippen molar-refractivity contribution < 1.29 is 9.84 Å². The minimum absolute atomic E-state index is 0.0743. The van der Waals surface area contributed by atoms with Gasteiger partial charge in [-0.1, -0.05) is 0 Å². The lowest BCUT2D eigenvalue weighted by atomic mass is 9.87. The number of aliphatic hydroxyl groups is 1. The van der Waals surface area contributed by atoms with Crippen LogP contribution in [-0.4, -0.2) is 30.5 Å². The predicted molar refractivity (Wildman–Crippen MR) is 70.4 cm³/mol. The monoisotopic (exact) mass is 255 g/mol. The molecule has 1 aliphatic heterocycles. The second kappa shape index (κ2) is 5.96. The van der Waals surface area contributed by atoms with E-state index in [0.717, 1.165) is 39.0 Å². The molecule has 1 aliphatic rings. The Balaban J connectivity index is 1.93. The average Bonchev–Trinajstić information content (AvgIpc) is 2.75. The first-order valence-electron chi connectivity index (χ1n) is 6.23. The third-order valence-corrected chi connectivity index (χ3v) is 4.47. The molecule has 1 saturated heterocycles. The highest BCUT2D eigenvalue weighted by Crippen LogP contribution is 2.25. The first kappa shape index (κ1) is 13.0. The van der Waals surface area contributed by atoms with Crippen LogP contribution in [-0.2, 0) is 11.3 Å². The second-order valence-corrected chi connectivity index (χ2v) is 6.10. The summed E-state index contributed by atoms with van der Waals surface area (Å²) in [6, 6.07) is 4.34. The van der Waals surface area contributed by atoms with Crippen LogP contribution in [0, 0.1) is 6.92 Å². The molecule has 0 spiro atoms. The molecule has 2 heterocycles. The van der Waals surface area contributed by atoms with Crippen LogP contribution in [0.2, 0.25) is 0 Å². The van der Waals surface area contributed by atoms with E-state index in [9.17, 15) is 5.11 Å². The van der Waals surface area contributed by atoms with Gasteiger partial charge in [0.1, 0.15) is 0 Å². The van der Waals surface area contributed by atoms with Crippen molar-refractivity contribution in [3.05, 3.63) is 21.9 Å². The lowest BCUT2D eigenvalue weighted by Gasteiger charge is -2.37. The lowest BCUT2D eigenvalue weighted by Crippen LogP contribution is -2.49. The number of aryl methyl sites for hydroxylation is 1. The van der Waals surface area contributed by atoms with Crippen molar-refractivity contribution in [2.45, 2.75) is 38.3 Å². The van der Waals surface area contributed by atoms with Gasteiger partial charge in [0.25, 0.3) is 0 Å². The summed E-state index contributed by atoms with van der Waals surface area (Å²) in [5, 5.41) is 12.8. The van der Waals surface area contributed by atoms with E-state index < -0.39 is 0 Å². The van der Waals surface area contributed by atoms with Crippen LogP contribution < -0.4 is 5.32 Å². The summed E-state index contributed by atoms with van der Waals surface area (Å²) in [4.78, 5) is 2.72. The molecular weight excluding hydrogens is 234 g/mol. The molecule has 1 fully saturated rings. The SMILES string of the molecule is Cc1ccc(CNC2(CCO)CCOCC2)s1. The molecule has 0 atom stereocenters. The first-order valence-corrected chi connectivity index (χ1v) is 7.05. The van der Waals surface area contributed by atoms with Crippen LogP contribution in [0.3, 0.4) is 0 Å². The van der Waals surface area contributed by atoms with Crippen molar-refractivity contribution >= 4 is 11.3 Å². The molecule has 0 aliphatic carbocycles. The molecular formula is C13H21NO2S. The molecule has 0 saturated carbocycles. The first-order chi connectivity index (χ1) is 8.24. The van der Waals surface area contributed by atoms with E-state index in [1.165, 1.54) is 9.75 Å². The van der Waals surface area contributed by atoms with Crippen LogP contribution >= 0.6 is 11.3 Å². The van der Waals surface area contributed by atoms with Gasteiger partial charge in [-0.3, -0.25) is 0 Å². The number of rotatable bonds is 5. The number of hydrogen-bond acceptors (Lipinski definition) is 4. The van der Waals surface area contributed by atoms with Gasteiger partial charge < -0.3 is 15.2 Å². The van der Waals surface area contributed by atoms with Crippen molar-refractivity contribution in [2.75, 3.05) is 19.8 Å². The van der Waals surface area contributed by atoms with Crippen molar-refractivity contribution in [3.63, 3.8) is 0 Å². The van der Waals surface area contributed by atoms with E-state index in [4.69, 9.17) is 4.74 Å². The smallest absolute Gasteiger partial charge is 0.0483 e. The zero-order chi connectivity index (χ0) is 12.1. The van der Waals surface area contributed by atoms with Gasteiger partial charge in [-0.2, -0.15) is 0 Å². The van der Waals surface area contributed by atoms with Crippen LogP contribution in [0.25, 0.3) is 0 Å². The predicted octanol–water partition coefficient (Wildman–Crippen LogP) is 2.08. The van der Waals surface area contributed by atoms with E-state index in [1.54, 1.807) is 0 Å². The van der Waals surface area contributed by atoms with Gasteiger partial charge in [-0.05, 0) is 38.3 Å². The summed E-state index contributed by atoms with van der Waals surface area (Å²) in [6.07, 6.45) is 2.82. The second-order valence-electron chi connectivity index (χ2n) is 4.73. The lowest BCUT2D eigenvalue weighted by molar-refractivity contribution is 0.0268. The molecule has 0 aromatic carbocycles. The summed E-state index contributed by atoms with van der Waals surface area (Å²) in [5.41, 5.74) is 0.0743. The number of aliphatic hydroxyl groups excluding tert-OH is 1. The Bertz CT molecular complexity index is 339. The van der Waals surface area contributed by atoms with Gasteiger partial charge in [-0.25, -0.2) is 0 Å². The molecule has 1 aromatic heterocycles. The molecule has 1 aromatic rings. The van der Waals surface area contributed by atoms with E-state index in [2.05, 4.69) is 24.4 Å². The molecule has 4 heteroatoms. The Morgan fingerprint density at radius 2 is 2.18 bits per heavy atom. The highest BCUT2D eigenvalue weighted by Gasteiger charge is 2.31. The summed E-state index contributed by atoms with van der Waals surface area (Å²) in [5.74, 6) is 0. The van der Waals surface area contributed by atoms with Gasteiger partial charge in [0, 0.05) is 41.7 Å². The van der Waals surface area contributed by atoms with Crippen molar-refractivity contribution in [1.82, 2.24) is 5.32 Å². The zero-order valence-electron chi connectivity index (χ0n) is 10.4. The van der Waals surface area contributed by atoms with E-state index in [-0.39, 0.29) is 12.1 Å². The third-order valence-electron chi connectivity index (χ3n) is 3.47. The quantitative estimate of drug-likeness (QED) is 0.846. The normalized spacial score (nSPS) is 19.4. The number of ether oxygens (including phenoxy) is 1. The van der Waals surface area contributed by atoms with E-state index >= 15 is 0 Å². The maximum absolute atomic E-state index is 9.21. The van der Waals surface area contributed by atoms with Gasteiger partial charge in [0.15, 0.2) is 0 Å². The number of thiophene rings is 1. The summed E-state index contributed by atoms with van der Waals surface area (Å²) >= 11 is 1.84. The fourth-order valence-corrected chi connectivity index (χ4v) is 3.18. The standard InChI is InChI=1S/C13H21NO2S/c1-11-2-3-12(17-11)10-14-13(4-7-15)5-8-16-9-6-13/h2-3,14-15H,4-10H2,1H3. The summed E-state index contributed by atoms with van der Waals surface area (Å²) in [7, 11) is 0. The van der Waals surface area contributed by atoms with Crippen LogP contribution in [0.1, 0.15) is 29.0 Å². The Hall–Kier alpha value is -0.420. The van der Waals surface area contributed by atoms with Crippen LogP contribution in [0.15, 0.2) is 12.1 Å². The Morgan fingerprint density at radius 1 is 1.41 bits per heavy atom. The molecule has 17 heavy (non-hydrogen) atoms. The van der Waals surface area contributed by atoms with Gasteiger partial charge in [0.05, 0.1) is 0 Å². The van der Waals surface area contributed by atoms with Gasteiger partial charge in [0.2, 0.25) is 0 Å². The fourth-order valence-electron chi connectivity index (χ4n) is 2.35. The van der Waals surface area contributed by atoms with Crippen molar-refractivity contribution in [2.24, 2.45) is 0 Å². The zero-order valence-corrected chi connectivity index (χ0v) is 11.2. The molecule has 3 nitrogen and oxygen atoms in total. The highest BCUT2D eigenvalue weighted by atomic mass is 32.1. The van der Waals surface area contributed by atoms with Crippen LogP contribution in [0.5, 0.6) is 0 Å². The number of hydrogen-bond donors (Lipinski definition) is 2. The molecule has 2 N–H and O–H groups in total. The fraction of sp³-hybridized carbons (Fsp3) is 0.692. The molecule has 2 rings (SSSR count). The molecule has 96 valence electrons.